The molecule has 0 atom stereocenters. The molecule has 0 amide bonds. The summed E-state index contributed by atoms with van der Waals surface area (Å²) in [7, 11) is 1.91. The van der Waals surface area contributed by atoms with Crippen LogP contribution >= 0.6 is 11.6 Å². The highest BCUT2D eigenvalue weighted by Gasteiger charge is 1.97. The van der Waals surface area contributed by atoms with E-state index in [-0.39, 0.29) is 0 Å². The van der Waals surface area contributed by atoms with E-state index >= 15 is 0 Å². The molecule has 4 heteroatoms. The van der Waals surface area contributed by atoms with E-state index in [9.17, 15) is 0 Å². The minimum Gasteiger partial charge on any atom is -0.366 e. The Kier molecular flexibility index (Phi) is 2.92. The van der Waals surface area contributed by atoms with Crippen molar-refractivity contribution in [1.82, 2.24) is 9.78 Å². The Labute approximate surface area is 93.7 Å². The first-order valence-corrected chi connectivity index (χ1v) is 5.10. The number of benzene rings is 1. The minimum absolute atomic E-state index is 0.763. The zero-order chi connectivity index (χ0) is 10.7. The Morgan fingerprint density at radius 3 is 2.60 bits per heavy atom. The van der Waals surface area contributed by atoms with Crippen LogP contribution in [-0.4, -0.2) is 9.78 Å². The molecule has 0 aliphatic heterocycles. The van der Waals surface area contributed by atoms with Gasteiger partial charge in [0, 0.05) is 24.7 Å². The number of nitrogens with one attached hydrogen (secondary N) is 1. The Balaban J connectivity index is 1.99. The standard InChI is InChI=1S/C11H12ClN3/c1-15-11(6-7-14-15)13-8-9-2-4-10(12)5-3-9/h2-7,13H,8H2,1H3. The van der Waals surface area contributed by atoms with Crippen molar-refractivity contribution in [3.8, 4) is 0 Å². The van der Waals surface area contributed by atoms with Gasteiger partial charge in [0.25, 0.3) is 0 Å². The van der Waals surface area contributed by atoms with Crippen LogP contribution in [0.4, 0.5) is 5.82 Å². The van der Waals surface area contributed by atoms with E-state index < -0.39 is 0 Å². The molecule has 1 aromatic carbocycles. The molecule has 0 saturated heterocycles. The Bertz CT molecular complexity index is 433. The van der Waals surface area contributed by atoms with Crippen molar-refractivity contribution in [3.63, 3.8) is 0 Å². The fourth-order valence-electron chi connectivity index (χ4n) is 1.34. The zero-order valence-corrected chi connectivity index (χ0v) is 9.20. The third kappa shape index (κ3) is 2.50. The van der Waals surface area contributed by atoms with Gasteiger partial charge in [0.15, 0.2) is 0 Å². The molecule has 1 heterocycles. The summed E-state index contributed by atoms with van der Waals surface area (Å²) in [6, 6.07) is 9.73. The van der Waals surface area contributed by atoms with Gasteiger partial charge >= 0.3 is 0 Å². The third-order valence-electron chi connectivity index (χ3n) is 2.21. The molecule has 2 aromatic rings. The fraction of sp³-hybridized carbons (Fsp3) is 0.182. The lowest BCUT2D eigenvalue weighted by Gasteiger charge is -2.06. The van der Waals surface area contributed by atoms with E-state index in [2.05, 4.69) is 10.4 Å². The van der Waals surface area contributed by atoms with Crippen LogP contribution in [-0.2, 0) is 13.6 Å². The van der Waals surface area contributed by atoms with Gasteiger partial charge in [-0.25, -0.2) is 0 Å². The second-order valence-corrected chi connectivity index (χ2v) is 3.76. The highest BCUT2D eigenvalue weighted by Crippen LogP contribution is 2.11. The first-order chi connectivity index (χ1) is 7.25. The maximum absolute atomic E-state index is 5.80. The molecule has 0 fully saturated rings. The monoisotopic (exact) mass is 221 g/mol. The highest BCUT2D eigenvalue weighted by molar-refractivity contribution is 6.30. The first kappa shape index (κ1) is 10.1. The van der Waals surface area contributed by atoms with Crippen LogP contribution in [0.3, 0.4) is 0 Å². The minimum atomic E-state index is 0.763. The molecular weight excluding hydrogens is 210 g/mol. The van der Waals surface area contributed by atoms with Gasteiger partial charge in [0.2, 0.25) is 0 Å². The van der Waals surface area contributed by atoms with E-state index in [0.717, 1.165) is 17.4 Å². The molecular formula is C11H12ClN3. The fourth-order valence-corrected chi connectivity index (χ4v) is 1.47. The maximum atomic E-state index is 5.80. The number of aryl methyl sites for hydroxylation is 1. The summed E-state index contributed by atoms with van der Waals surface area (Å²) < 4.78 is 1.80. The Morgan fingerprint density at radius 2 is 2.00 bits per heavy atom. The molecule has 0 radical (unpaired) electrons. The molecule has 1 N–H and O–H groups in total. The number of nitrogens with zero attached hydrogens (tertiary/aromatic N) is 2. The lowest BCUT2D eigenvalue weighted by molar-refractivity contribution is 0.769. The smallest absolute Gasteiger partial charge is 0.124 e. The van der Waals surface area contributed by atoms with Crippen molar-refractivity contribution >= 4 is 17.4 Å². The highest BCUT2D eigenvalue weighted by atomic mass is 35.5. The summed E-state index contributed by atoms with van der Waals surface area (Å²) >= 11 is 5.80. The van der Waals surface area contributed by atoms with Gasteiger partial charge in [-0.1, -0.05) is 23.7 Å². The van der Waals surface area contributed by atoms with Crippen LogP contribution in [0.25, 0.3) is 0 Å². The van der Waals surface area contributed by atoms with Crippen LogP contribution in [0.2, 0.25) is 5.02 Å². The lowest BCUT2D eigenvalue weighted by Crippen LogP contribution is -2.04. The molecule has 78 valence electrons. The molecule has 1 aromatic heterocycles. The summed E-state index contributed by atoms with van der Waals surface area (Å²) in [6.07, 6.45) is 1.77. The average Bonchev–Trinajstić information content (AvgIpc) is 2.63. The van der Waals surface area contributed by atoms with Gasteiger partial charge in [0.05, 0.1) is 6.20 Å². The quantitative estimate of drug-likeness (QED) is 0.864. The predicted octanol–water partition coefficient (Wildman–Crippen LogP) is 2.69. The summed E-state index contributed by atoms with van der Waals surface area (Å²) in [6.45, 7) is 0.775. The van der Waals surface area contributed by atoms with Gasteiger partial charge in [-0.3, -0.25) is 4.68 Å². The SMILES string of the molecule is Cn1nccc1NCc1ccc(Cl)cc1. The van der Waals surface area contributed by atoms with E-state index in [0.29, 0.717) is 0 Å². The molecule has 15 heavy (non-hydrogen) atoms. The van der Waals surface area contributed by atoms with Crippen molar-refractivity contribution in [2.75, 3.05) is 5.32 Å². The van der Waals surface area contributed by atoms with E-state index in [1.54, 1.807) is 10.9 Å². The number of anilines is 1. The van der Waals surface area contributed by atoms with E-state index in [1.807, 2.05) is 37.4 Å². The van der Waals surface area contributed by atoms with Gasteiger partial charge in [-0.05, 0) is 17.7 Å². The van der Waals surface area contributed by atoms with Crippen molar-refractivity contribution in [1.29, 1.82) is 0 Å². The Morgan fingerprint density at radius 1 is 1.27 bits per heavy atom. The van der Waals surface area contributed by atoms with Gasteiger partial charge in [0.1, 0.15) is 5.82 Å². The normalized spacial score (nSPS) is 10.3. The van der Waals surface area contributed by atoms with Crippen molar-refractivity contribution in [2.45, 2.75) is 6.54 Å². The summed E-state index contributed by atoms with van der Waals surface area (Å²) in [5.74, 6) is 1.00. The average molecular weight is 222 g/mol. The summed E-state index contributed by atoms with van der Waals surface area (Å²) in [4.78, 5) is 0. The van der Waals surface area contributed by atoms with Crippen molar-refractivity contribution < 1.29 is 0 Å². The van der Waals surface area contributed by atoms with Gasteiger partial charge in [-0.15, -0.1) is 0 Å². The lowest BCUT2D eigenvalue weighted by atomic mass is 10.2. The van der Waals surface area contributed by atoms with Crippen LogP contribution < -0.4 is 5.32 Å². The third-order valence-corrected chi connectivity index (χ3v) is 2.46. The maximum Gasteiger partial charge on any atom is 0.124 e. The van der Waals surface area contributed by atoms with Crippen molar-refractivity contribution in [2.24, 2.45) is 7.05 Å². The van der Waals surface area contributed by atoms with E-state index in [4.69, 9.17) is 11.6 Å². The second kappa shape index (κ2) is 4.36. The molecule has 0 unspecified atom stereocenters. The number of hydrogen-bond donors (Lipinski definition) is 1. The van der Waals surface area contributed by atoms with Crippen molar-refractivity contribution in [3.05, 3.63) is 47.1 Å². The predicted molar refractivity (Wildman–Crippen MR) is 62.0 cm³/mol. The van der Waals surface area contributed by atoms with Crippen LogP contribution in [0, 0.1) is 0 Å². The van der Waals surface area contributed by atoms with Crippen LogP contribution in [0.5, 0.6) is 0 Å². The molecule has 2 rings (SSSR count). The zero-order valence-electron chi connectivity index (χ0n) is 8.44. The molecule has 0 bridgehead atoms. The number of halogens is 1. The van der Waals surface area contributed by atoms with E-state index in [1.165, 1.54) is 5.56 Å². The first-order valence-electron chi connectivity index (χ1n) is 4.72. The van der Waals surface area contributed by atoms with Gasteiger partial charge < -0.3 is 5.32 Å². The topological polar surface area (TPSA) is 29.9 Å². The van der Waals surface area contributed by atoms with Crippen LogP contribution in [0.1, 0.15) is 5.56 Å². The molecule has 0 saturated carbocycles. The number of rotatable bonds is 3. The van der Waals surface area contributed by atoms with Crippen LogP contribution in [0.15, 0.2) is 36.5 Å². The van der Waals surface area contributed by atoms with Gasteiger partial charge in [-0.2, -0.15) is 5.10 Å². The molecule has 3 nitrogen and oxygen atoms in total. The number of hydrogen-bond acceptors (Lipinski definition) is 2. The number of aromatic nitrogens is 2. The largest absolute Gasteiger partial charge is 0.366 e. The molecule has 0 aliphatic rings. The molecule has 0 spiro atoms. The Hall–Kier alpha value is -1.48. The molecule has 0 aliphatic carbocycles. The summed E-state index contributed by atoms with van der Waals surface area (Å²) in [5, 5.41) is 8.13. The summed E-state index contributed by atoms with van der Waals surface area (Å²) in [5.41, 5.74) is 1.20. The second-order valence-electron chi connectivity index (χ2n) is 3.32.